The van der Waals surface area contributed by atoms with E-state index in [1.54, 1.807) is 11.1 Å². The molecule has 13 heavy (non-hydrogen) atoms. The standard InChI is InChI=1S/C13H22/c1-9(2)11-7-10(3)8-12(11)13(4,5)6/h7-10H,1-6H3. The Hall–Kier alpha value is -0.520. The zero-order chi connectivity index (χ0) is 10.2. The van der Waals surface area contributed by atoms with Gasteiger partial charge >= 0.3 is 0 Å². The van der Waals surface area contributed by atoms with Crippen molar-refractivity contribution >= 4 is 0 Å². The summed E-state index contributed by atoms with van der Waals surface area (Å²) in [6.45, 7) is 13.7. The molecule has 74 valence electrons. The molecule has 1 rings (SSSR count). The lowest BCUT2D eigenvalue weighted by Crippen LogP contribution is -2.12. The van der Waals surface area contributed by atoms with Gasteiger partial charge in [0, 0.05) is 0 Å². The van der Waals surface area contributed by atoms with E-state index >= 15 is 0 Å². The Balaban J connectivity index is 2.99. The predicted octanol–water partition coefficient (Wildman–Crippen LogP) is 4.19. The fourth-order valence-electron chi connectivity index (χ4n) is 1.97. The molecule has 0 amide bonds. The van der Waals surface area contributed by atoms with Gasteiger partial charge in [-0.1, -0.05) is 53.7 Å². The molecule has 0 heteroatoms. The van der Waals surface area contributed by atoms with Crippen LogP contribution in [0.5, 0.6) is 0 Å². The van der Waals surface area contributed by atoms with E-state index in [1.807, 2.05) is 0 Å². The van der Waals surface area contributed by atoms with Gasteiger partial charge in [0.1, 0.15) is 0 Å². The van der Waals surface area contributed by atoms with Gasteiger partial charge in [-0.05, 0) is 28.4 Å². The van der Waals surface area contributed by atoms with Crippen LogP contribution >= 0.6 is 0 Å². The monoisotopic (exact) mass is 178 g/mol. The van der Waals surface area contributed by atoms with E-state index in [2.05, 4.69) is 53.7 Å². The third-order valence-corrected chi connectivity index (χ3v) is 2.61. The maximum atomic E-state index is 2.41. The van der Waals surface area contributed by atoms with E-state index in [0.717, 1.165) is 0 Å². The van der Waals surface area contributed by atoms with Crippen molar-refractivity contribution in [3.8, 4) is 0 Å². The molecule has 0 aromatic carbocycles. The molecular formula is C13H22. The molecular weight excluding hydrogens is 156 g/mol. The maximum absolute atomic E-state index is 2.41. The molecule has 0 saturated heterocycles. The van der Waals surface area contributed by atoms with Gasteiger partial charge in [-0.15, -0.1) is 0 Å². The van der Waals surface area contributed by atoms with Gasteiger partial charge in [-0.2, -0.15) is 0 Å². The lowest BCUT2D eigenvalue weighted by atomic mass is 9.80. The van der Waals surface area contributed by atoms with Crippen LogP contribution in [0, 0.1) is 17.3 Å². The van der Waals surface area contributed by atoms with Crippen LogP contribution in [0.1, 0.15) is 41.5 Å². The molecule has 1 aliphatic rings. The second-order valence-electron chi connectivity index (χ2n) is 5.47. The van der Waals surface area contributed by atoms with Crippen molar-refractivity contribution in [2.45, 2.75) is 41.5 Å². The molecule has 1 aliphatic carbocycles. The first-order valence-corrected chi connectivity index (χ1v) is 5.26. The lowest BCUT2D eigenvalue weighted by Gasteiger charge is -2.25. The maximum Gasteiger partial charge on any atom is -0.00697 e. The number of rotatable bonds is 1. The van der Waals surface area contributed by atoms with Crippen LogP contribution in [0.3, 0.4) is 0 Å². The molecule has 1 unspecified atom stereocenters. The molecule has 0 aromatic heterocycles. The predicted molar refractivity (Wildman–Crippen MR) is 59.6 cm³/mol. The number of hydrogen-bond donors (Lipinski definition) is 0. The third-order valence-electron chi connectivity index (χ3n) is 2.61. The summed E-state index contributed by atoms with van der Waals surface area (Å²) >= 11 is 0. The third kappa shape index (κ3) is 2.24. The van der Waals surface area contributed by atoms with Crippen molar-refractivity contribution in [3.05, 3.63) is 23.3 Å². The van der Waals surface area contributed by atoms with Crippen LogP contribution < -0.4 is 0 Å². The molecule has 0 N–H and O–H groups in total. The van der Waals surface area contributed by atoms with Crippen LogP contribution in [-0.2, 0) is 0 Å². The van der Waals surface area contributed by atoms with Gasteiger partial charge < -0.3 is 0 Å². The van der Waals surface area contributed by atoms with Crippen LogP contribution in [0.2, 0.25) is 0 Å². The second kappa shape index (κ2) is 3.32. The van der Waals surface area contributed by atoms with E-state index in [-0.39, 0.29) is 0 Å². The highest BCUT2D eigenvalue weighted by molar-refractivity contribution is 5.43. The van der Waals surface area contributed by atoms with Crippen LogP contribution in [-0.4, -0.2) is 0 Å². The summed E-state index contributed by atoms with van der Waals surface area (Å²) < 4.78 is 0. The minimum atomic E-state index is 0.306. The number of hydrogen-bond acceptors (Lipinski definition) is 0. The normalized spacial score (nSPS) is 23.5. The topological polar surface area (TPSA) is 0 Å². The highest BCUT2D eigenvalue weighted by Gasteiger charge is 2.26. The summed E-state index contributed by atoms with van der Waals surface area (Å²) in [4.78, 5) is 0. The summed E-state index contributed by atoms with van der Waals surface area (Å²) in [6, 6.07) is 0. The van der Waals surface area contributed by atoms with Gasteiger partial charge in [0.2, 0.25) is 0 Å². The van der Waals surface area contributed by atoms with Gasteiger partial charge in [0.05, 0.1) is 0 Å². The second-order valence-corrected chi connectivity index (χ2v) is 5.47. The average molecular weight is 178 g/mol. The summed E-state index contributed by atoms with van der Waals surface area (Å²) in [5, 5.41) is 0. The number of allylic oxidation sites excluding steroid dienone is 4. The average Bonchev–Trinajstić information content (AvgIpc) is 2.29. The molecule has 0 fully saturated rings. The van der Waals surface area contributed by atoms with Crippen molar-refractivity contribution in [3.63, 3.8) is 0 Å². The molecule has 0 spiro atoms. The van der Waals surface area contributed by atoms with E-state index in [0.29, 0.717) is 17.3 Å². The summed E-state index contributed by atoms with van der Waals surface area (Å²) in [5.74, 6) is 1.29. The largest absolute Gasteiger partial charge is 0.0741 e. The van der Waals surface area contributed by atoms with E-state index in [9.17, 15) is 0 Å². The molecule has 0 bridgehead atoms. The molecule has 0 heterocycles. The van der Waals surface area contributed by atoms with Gasteiger partial charge in [-0.25, -0.2) is 0 Å². The summed E-state index contributed by atoms with van der Waals surface area (Å²) in [5.41, 5.74) is 3.41. The Bertz CT molecular complexity index is 246. The van der Waals surface area contributed by atoms with Crippen molar-refractivity contribution in [1.29, 1.82) is 0 Å². The molecule has 0 nitrogen and oxygen atoms in total. The van der Waals surface area contributed by atoms with E-state index in [1.165, 1.54) is 0 Å². The zero-order valence-corrected chi connectivity index (χ0v) is 9.81. The zero-order valence-electron chi connectivity index (χ0n) is 9.81. The van der Waals surface area contributed by atoms with Crippen molar-refractivity contribution in [2.24, 2.45) is 17.3 Å². The van der Waals surface area contributed by atoms with E-state index in [4.69, 9.17) is 0 Å². The SMILES string of the molecule is CC1C=C(C(C)C)C(C(C)(C)C)=C1. The van der Waals surface area contributed by atoms with Gasteiger partial charge in [0.25, 0.3) is 0 Å². The summed E-state index contributed by atoms with van der Waals surface area (Å²) in [7, 11) is 0. The molecule has 0 radical (unpaired) electrons. The first kappa shape index (κ1) is 10.6. The highest BCUT2D eigenvalue weighted by Crippen LogP contribution is 2.40. The van der Waals surface area contributed by atoms with Gasteiger partial charge in [-0.3, -0.25) is 0 Å². The molecule has 1 atom stereocenters. The first-order valence-electron chi connectivity index (χ1n) is 5.26. The summed E-state index contributed by atoms with van der Waals surface area (Å²) in [6.07, 6.45) is 4.82. The van der Waals surface area contributed by atoms with Crippen molar-refractivity contribution in [1.82, 2.24) is 0 Å². The Morgan fingerprint density at radius 2 is 1.69 bits per heavy atom. The van der Waals surface area contributed by atoms with E-state index < -0.39 is 0 Å². The van der Waals surface area contributed by atoms with Gasteiger partial charge in [0.15, 0.2) is 0 Å². The van der Waals surface area contributed by atoms with Crippen molar-refractivity contribution in [2.75, 3.05) is 0 Å². The Morgan fingerprint density at radius 3 is 2.00 bits per heavy atom. The molecule has 0 aliphatic heterocycles. The lowest BCUT2D eigenvalue weighted by molar-refractivity contribution is 0.499. The van der Waals surface area contributed by atoms with Crippen LogP contribution in [0.15, 0.2) is 23.3 Å². The van der Waals surface area contributed by atoms with Crippen LogP contribution in [0.4, 0.5) is 0 Å². The Labute approximate surface area is 82.7 Å². The molecule has 0 aromatic rings. The Morgan fingerprint density at radius 1 is 1.15 bits per heavy atom. The first-order chi connectivity index (χ1) is 5.82. The fourth-order valence-corrected chi connectivity index (χ4v) is 1.97. The fraction of sp³-hybridized carbons (Fsp3) is 0.692. The quantitative estimate of drug-likeness (QED) is 0.564. The van der Waals surface area contributed by atoms with Crippen LogP contribution in [0.25, 0.3) is 0 Å². The minimum absolute atomic E-state index is 0.306. The van der Waals surface area contributed by atoms with Crippen molar-refractivity contribution < 1.29 is 0 Å². The highest BCUT2D eigenvalue weighted by atomic mass is 14.3. The molecule has 0 saturated carbocycles. The Kier molecular flexibility index (Phi) is 2.70. The smallest absolute Gasteiger partial charge is 0.00697 e. The minimum Gasteiger partial charge on any atom is -0.0741 e.